The Morgan fingerprint density at radius 2 is 1.84 bits per heavy atom. The number of carbonyl (C=O) groups excluding carboxylic acids is 2. The number of hydrogen-bond acceptors (Lipinski definition) is 7. The maximum Gasteiger partial charge on any atom is 0.266 e. The molecule has 5 heterocycles. The monoisotopic (exact) mass is 527 g/mol. The lowest BCUT2D eigenvalue weighted by molar-refractivity contribution is 0.0699. The lowest BCUT2D eigenvalue weighted by Gasteiger charge is -2.37. The molecule has 8 nitrogen and oxygen atoms in total. The second-order valence-corrected chi connectivity index (χ2v) is 10.1. The highest BCUT2D eigenvalue weighted by Gasteiger charge is 2.33. The van der Waals surface area contributed by atoms with Gasteiger partial charge in [-0.25, -0.2) is 0 Å². The quantitative estimate of drug-likeness (QED) is 0.364. The molecule has 4 aliphatic rings. The Labute approximate surface area is 223 Å². The number of carbonyl (C=O) groups is 2. The number of aromatic nitrogens is 1. The Kier molecular flexibility index (Phi) is 6.43. The minimum atomic E-state index is -0.380. The number of hydrogen-bond donors (Lipinski definition) is 2. The van der Waals surface area contributed by atoms with Gasteiger partial charge >= 0.3 is 0 Å². The molecular weight excluding hydrogens is 502 g/mol. The van der Waals surface area contributed by atoms with E-state index in [2.05, 4.69) is 10.3 Å². The molecule has 1 aromatic heterocycles. The van der Waals surface area contributed by atoms with Crippen molar-refractivity contribution >= 4 is 23.2 Å². The van der Waals surface area contributed by atoms with Crippen LogP contribution >= 0.6 is 11.3 Å². The van der Waals surface area contributed by atoms with Gasteiger partial charge in [0.15, 0.2) is 0 Å². The van der Waals surface area contributed by atoms with E-state index in [-0.39, 0.29) is 29.2 Å². The Bertz CT molecular complexity index is 1490. The molecule has 8 rings (SSSR count). The molecule has 0 aliphatic carbocycles. The Morgan fingerprint density at radius 1 is 1.05 bits per heavy atom. The van der Waals surface area contributed by atoms with Crippen LogP contribution in [0.2, 0.25) is 0 Å². The molecular formula is C29H25N3O5S. The van der Waals surface area contributed by atoms with E-state index in [1.807, 2.05) is 47.4 Å². The summed E-state index contributed by atoms with van der Waals surface area (Å²) < 4.78 is 12.0. The molecule has 4 aromatic rings. The maximum atomic E-state index is 13.5. The van der Waals surface area contributed by atoms with Gasteiger partial charge in [0.25, 0.3) is 11.8 Å². The molecule has 1 atom stereocenters. The van der Waals surface area contributed by atoms with Crippen LogP contribution in [0.1, 0.15) is 49.2 Å². The van der Waals surface area contributed by atoms with Crippen molar-refractivity contribution in [2.24, 2.45) is 0 Å². The smallest absolute Gasteiger partial charge is 0.266 e. The van der Waals surface area contributed by atoms with Crippen LogP contribution in [0, 0.1) is 0 Å². The largest absolute Gasteiger partial charge is 0.507 e. The number of thiazole rings is 1. The van der Waals surface area contributed by atoms with Crippen molar-refractivity contribution in [1.29, 1.82) is 0 Å². The Balaban J connectivity index is 1.42. The first-order valence-electron chi connectivity index (χ1n) is 12.4. The molecule has 9 heteroatoms. The topological polar surface area (TPSA) is 101 Å². The van der Waals surface area contributed by atoms with Crippen LogP contribution < -0.4 is 14.8 Å². The first-order valence-corrected chi connectivity index (χ1v) is 13.3. The third-order valence-electron chi connectivity index (χ3n) is 6.77. The van der Waals surface area contributed by atoms with Crippen LogP contribution in [0.3, 0.4) is 0 Å². The lowest BCUT2D eigenvalue weighted by Crippen LogP contribution is -2.40. The molecule has 0 radical (unpaired) electrons. The Hall–Kier alpha value is -4.37. The van der Waals surface area contributed by atoms with Crippen molar-refractivity contribution in [2.75, 3.05) is 19.7 Å². The SMILES string of the molecule is O=C1NCCCOc2ccc(cc2)C2c3ccc(cc3CCN2C(=O)c2cncs2)Oc2ccc(O)c1c2. The van der Waals surface area contributed by atoms with Gasteiger partial charge in [-0.3, -0.25) is 14.6 Å². The van der Waals surface area contributed by atoms with Gasteiger partial charge in [-0.1, -0.05) is 18.2 Å². The fourth-order valence-corrected chi connectivity index (χ4v) is 5.49. The number of phenols is 1. The van der Waals surface area contributed by atoms with E-state index in [4.69, 9.17) is 9.47 Å². The average Bonchev–Trinajstić information content (AvgIpc) is 3.48. The van der Waals surface area contributed by atoms with Gasteiger partial charge in [0, 0.05) is 13.1 Å². The third kappa shape index (κ3) is 4.68. The summed E-state index contributed by atoms with van der Waals surface area (Å²) in [7, 11) is 0. The normalized spacial score (nSPS) is 17.0. The van der Waals surface area contributed by atoms with Gasteiger partial charge < -0.3 is 24.8 Å². The molecule has 8 bridgehead atoms. The minimum absolute atomic E-state index is 0.0454. The predicted molar refractivity (Wildman–Crippen MR) is 142 cm³/mol. The number of rotatable bonds is 1. The number of aromatic hydroxyl groups is 1. The average molecular weight is 528 g/mol. The molecule has 4 aliphatic heterocycles. The van der Waals surface area contributed by atoms with Gasteiger partial charge in [-0.2, -0.15) is 0 Å². The van der Waals surface area contributed by atoms with Crippen LogP contribution in [0.15, 0.2) is 72.4 Å². The van der Waals surface area contributed by atoms with Crippen LogP contribution in [-0.4, -0.2) is 46.5 Å². The number of benzene rings is 3. The molecule has 38 heavy (non-hydrogen) atoms. The van der Waals surface area contributed by atoms with Crippen LogP contribution in [0.25, 0.3) is 0 Å². The summed E-state index contributed by atoms with van der Waals surface area (Å²) in [5, 5.41) is 13.1. The first kappa shape index (κ1) is 24.0. The predicted octanol–water partition coefficient (Wildman–Crippen LogP) is 4.94. The number of ether oxygens (including phenoxy) is 2. The summed E-state index contributed by atoms with van der Waals surface area (Å²) in [5.74, 6) is 1.23. The van der Waals surface area contributed by atoms with Crippen molar-refractivity contribution in [3.8, 4) is 23.0 Å². The van der Waals surface area contributed by atoms with Crippen molar-refractivity contribution in [1.82, 2.24) is 15.2 Å². The van der Waals surface area contributed by atoms with E-state index in [1.54, 1.807) is 17.8 Å². The zero-order chi connectivity index (χ0) is 26.1. The van der Waals surface area contributed by atoms with Gasteiger partial charge in [0.1, 0.15) is 27.9 Å². The summed E-state index contributed by atoms with van der Waals surface area (Å²) in [6, 6.07) is 18.0. The standard InChI is InChI=1S/C29H25N3O5S/c33-25-9-7-22-15-24(25)28(34)31-11-1-13-36-20-4-2-18(3-5-20)27-23-8-6-21(37-22)14-19(23)10-12-32(27)29(35)26-16-30-17-38-26/h2-9,14-17,27,33H,1,10-13H2,(H,31,34). The van der Waals surface area contributed by atoms with Crippen molar-refractivity contribution in [2.45, 2.75) is 18.9 Å². The van der Waals surface area contributed by atoms with E-state index in [0.29, 0.717) is 54.7 Å². The lowest BCUT2D eigenvalue weighted by atomic mass is 9.87. The number of nitrogens with zero attached hydrogens (tertiary/aromatic N) is 2. The molecule has 192 valence electrons. The van der Waals surface area contributed by atoms with E-state index in [1.165, 1.54) is 23.5 Å². The van der Waals surface area contributed by atoms with Crippen LogP contribution in [0.4, 0.5) is 0 Å². The van der Waals surface area contributed by atoms with E-state index in [9.17, 15) is 14.7 Å². The minimum Gasteiger partial charge on any atom is -0.507 e. The Morgan fingerprint density at radius 3 is 2.66 bits per heavy atom. The summed E-state index contributed by atoms with van der Waals surface area (Å²) in [5.41, 5.74) is 4.91. The number of phenolic OH excluding ortho intramolecular Hbond substituents is 1. The highest BCUT2D eigenvalue weighted by molar-refractivity contribution is 7.11. The molecule has 0 spiro atoms. The molecule has 0 fully saturated rings. The van der Waals surface area contributed by atoms with Crippen molar-refractivity contribution in [3.05, 3.63) is 99.5 Å². The fraction of sp³-hybridized carbons (Fsp3) is 0.207. The zero-order valence-corrected chi connectivity index (χ0v) is 21.2. The second-order valence-electron chi connectivity index (χ2n) is 9.19. The highest BCUT2D eigenvalue weighted by atomic mass is 32.1. The van der Waals surface area contributed by atoms with Gasteiger partial charge in [0.2, 0.25) is 0 Å². The summed E-state index contributed by atoms with van der Waals surface area (Å²) in [6.07, 6.45) is 2.88. The van der Waals surface area contributed by atoms with E-state index in [0.717, 1.165) is 16.7 Å². The first-order chi connectivity index (χ1) is 18.6. The molecule has 0 saturated carbocycles. The highest BCUT2D eigenvalue weighted by Crippen LogP contribution is 2.39. The van der Waals surface area contributed by atoms with Crippen molar-refractivity contribution < 1.29 is 24.2 Å². The maximum absolute atomic E-state index is 13.5. The number of amides is 2. The molecule has 1 unspecified atom stereocenters. The number of fused-ring (bicyclic) bond motifs is 1. The zero-order valence-electron chi connectivity index (χ0n) is 20.4. The van der Waals surface area contributed by atoms with Crippen LogP contribution in [-0.2, 0) is 6.42 Å². The number of nitrogens with one attached hydrogen (secondary N) is 1. The second kappa shape index (κ2) is 10.2. The summed E-state index contributed by atoms with van der Waals surface area (Å²) in [6.45, 7) is 1.35. The van der Waals surface area contributed by atoms with E-state index < -0.39 is 0 Å². The molecule has 3 aromatic carbocycles. The molecule has 0 saturated heterocycles. The fourth-order valence-electron chi connectivity index (χ4n) is 4.91. The van der Waals surface area contributed by atoms with Gasteiger partial charge in [0.05, 0.1) is 29.9 Å². The summed E-state index contributed by atoms with van der Waals surface area (Å²) in [4.78, 5) is 32.8. The van der Waals surface area contributed by atoms with Gasteiger partial charge in [-0.15, -0.1) is 11.3 Å². The van der Waals surface area contributed by atoms with Crippen LogP contribution in [0.5, 0.6) is 23.0 Å². The molecule has 2 N–H and O–H groups in total. The van der Waals surface area contributed by atoms with Crippen molar-refractivity contribution in [3.63, 3.8) is 0 Å². The summed E-state index contributed by atoms with van der Waals surface area (Å²) >= 11 is 1.34. The molecule has 2 amide bonds. The third-order valence-corrected chi connectivity index (χ3v) is 7.53. The van der Waals surface area contributed by atoms with E-state index >= 15 is 0 Å². The van der Waals surface area contributed by atoms with Gasteiger partial charge in [-0.05, 0) is 72.0 Å².